The predicted molar refractivity (Wildman–Crippen MR) is 131 cm³/mol. The van der Waals surface area contributed by atoms with Gasteiger partial charge in [-0.3, -0.25) is 14.9 Å². The van der Waals surface area contributed by atoms with Crippen LogP contribution in [0.5, 0.6) is 5.75 Å². The van der Waals surface area contributed by atoms with Crippen LogP contribution in [0.1, 0.15) is 35.1 Å². The van der Waals surface area contributed by atoms with Crippen molar-refractivity contribution in [1.82, 2.24) is 0 Å². The number of benzene rings is 3. The third kappa shape index (κ3) is 3.90. The smallest absolute Gasteiger partial charge is 0.272 e. The van der Waals surface area contributed by atoms with Gasteiger partial charge < -0.3 is 15.4 Å². The van der Waals surface area contributed by atoms with Crippen molar-refractivity contribution in [3.63, 3.8) is 0 Å². The van der Waals surface area contributed by atoms with E-state index in [0.29, 0.717) is 17.5 Å². The highest BCUT2D eigenvalue weighted by atomic mass is 16.6. The molecule has 3 aromatic rings. The Morgan fingerprint density at radius 2 is 1.71 bits per heavy atom. The molecule has 1 aliphatic heterocycles. The molecule has 0 bridgehead atoms. The van der Waals surface area contributed by atoms with Crippen LogP contribution < -0.4 is 15.4 Å². The summed E-state index contributed by atoms with van der Waals surface area (Å²) in [6.07, 6.45) is 2.47. The highest BCUT2D eigenvalue weighted by Crippen LogP contribution is 2.45. The fraction of sp³-hybridized carbons (Fsp3) is 0.222. The molecule has 5 rings (SSSR count). The molecule has 0 fully saturated rings. The normalized spacial score (nSPS) is 21.2. The number of nitrogens with zero attached hydrogens (tertiary/aromatic N) is 1. The van der Waals surface area contributed by atoms with Gasteiger partial charge in [0.05, 0.1) is 35.4 Å². The number of fused-ring (bicyclic) bond motifs is 2. The van der Waals surface area contributed by atoms with Crippen molar-refractivity contribution >= 4 is 22.8 Å². The van der Waals surface area contributed by atoms with E-state index >= 15 is 0 Å². The first-order valence-corrected chi connectivity index (χ1v) is 11.2. The second-order valence-electron chi connectivity index (χ2n) is 8.75. The summed E-state index contributed by atoms with van der Waals surface area (Å²) in [5.74, 6) is 0.280. The average Bonchev–Trinajstić information content (AvgIpc) is 3.01. The first kappa shape index (κ1) is 21.7. The quantitative estimate of drug-likeness (QED) is 0.384. The number of methoxy groups -OCH3 is 1. The molecule has 0 saturated carbocycles. The molecule has 0 radical (unpaired) electrons. The number of para-hydroxylation sites is 2. The second kappa shape index (κ2) is 8.67. The van der Waals surface area contributed by atoms with Crippen molar-refractivity contribution in [2.45, 2.75) is 25.3 Å². The van der Waals surface area contributed by atoms with Crippen LogP contribution >= 0.6 is 0 Å². The zero-order valence-electron chi connectivity index (χ0n) is 18.9. The van der Waals surface area contributed by atoms with Crippen molar-refractivity contribution in [1.29, 1.82) is 0 Å². The van der Waals surface area contributed by atoms with Gasteiger partial charge in [-0.1, -0.05) is 42.5 Å². The van der Waals surface area contributed by atoms with Crippen molar-refractivity contribution in [3.05, 3.63) is 105 Å². The molecule has 3 atom stereocenters. The molecule has 7 heteroatoms. The van der Waals surface area contributed by atoms with Gasteiger partial charge in [0.15, 0.2) is 0 Å². The maximum absolute atomic E-state index is 13.6. The number of ether oxygens (including phenoxy) is 1. The first-order chi connectivity index (χ1) is 16.4. The van der Waals surface area contributed by atoms with E-state index in [0.717, 1.165) is 28.4 Å². The van der Waals surface area contributed by atoms with Gasteiger partial charge in [0.1, 0.15) is 11.5 Å². The fourth-order valence-corrected chi connectivity index (χ4v) is 4.86. The molecule has 3 unspecified atom stereocenters. The van der Waals surface area contributed by atoms with E-state index < -0.39 is 12.0 Å². The number of Topliss-reactive ketones (excluding diaryl/α,β-unsaturated/α-hetero) is 1. The number of anilines is 2. The molecule has 172 valence electrons. The average molecular weight is 456 g/mol. The number of nitro benzene ring substituents is 1. The minimum Gasteiger partial charge on any atom is -0.497 e. The van der Waals surface area contributed by atoms with Gasteiger partial charge in [0.2, 0.25) is 0 Å². The minimum atomic E-state index is -0.496. The maximum Gasteiger partial charge on any atom is 0.272 e. The van der Waals surface area contributed by atoms with Crippen LogP contribution in [-0.4, -0.2) is 17.8 Å². The highest BCUT2D eigenvalue weighted by Gasteiger charge is 2.40. The monoisotopic (exact) mass is 455 g/mol. The number of nitrogens with one attached hydrogen (secondary N) is 2. The summed E-state index contributed by atoms with van der Waals surface area (Å²) in [4.78, 5) is 24.9. The molecule has 2 N–H and O–H groups in total. The predicted octanol–water partition coefficient (Wildman–Crippen LogP) is 5.75. The maximum atomic E-state index is 13.6. The standard InChI is InChI=1S/C27H25N3O4/c1-16-7-8-18(14-24(16)30(32)33)27-26-23(28-21-5-3-4-6-22(21)29-27)13-19(15-25(26)31)17-9-11-20(34-2)12-10-17/h3-14,19,26-29H,15H2,1-2H3. The van der Waals surface area contributed by atoms with Gasteiger partial charge in [-0.05, 0) is 42.3 Å². The van der Waals surface area contributed by atoms with E-state index in [-0.39, 0.29) is 22.3 Å². The number of carbonyl (C=O) groups is 1. The fourth-order valence-electron chi connectivity index (χ4n) is 4.86. The molecule has 0 amide bonds. The molecular weight excluding hydrogens is 430 g/mol. The number of hydrogen-bond donors (Lipinski definition) is 2. The molecular formula is C27H25N3O4. The molecule has 0 saturated heterocycles. The van der Waals surface area contributed by atoms with E-state index in [2.05, 4.69) is 16.7 Å². The highest BCUT2D eigenvalue weighted by molar-refractivity contribution is 5.90. The Hall–Kier alpha value is -4.13. The lowest BCUT2D eigenvalue weighted by Crippen LogP contribution is -2.33. The molecule has 7 nitrogen and oxygen atoms in total. The van der Waals surface area contributed by atoms with E-state index in [9.17, 15) is 14.9 Å². The van der Waals surface area contributed by atoms with Crippen LogP contribution in [0.15, 0.2) is 78.5 Å². The molecule has 0 spiro atoms. The van der Waals surface area contributed by atoms with E-state index in [4.69, 9.17) is 4.74 Å². The Balaban J connectivity index is 1.61. The van der Waals surface area contributed by atoms with Crippen molar-refractivity contribution in [2.75, 3.05) is 17.7 Å². The number of ketones is 1. The molecule has 3 aromatic carbocycles. The summed E-state index contributed by atoms with van der Waals surface area (Å²) in [5.41, 5.74) is 4.91. The van der Waals surface area contributed by atoms with Crippen LogP contribution in [-0.2, 0) is 4.79 Å². The van der Waals surface area contributed by atoms with Gasteiger partial charge in [-0.15, -0.1) is 0 Å². The van der Waals surface area contributed by atoms with Crippen molar-refractivity contribution in [2.24, 2.45) is 5.92 Å². The number of hydrogen-bond acceptors (Lipinski definition) is 6. The van der Waals surface area contributed by atoms with Crippen LogP contribution in [0, 0.1) is 23.0 Å². The number of rotatable bonds is 4. The molecule has 2 aliphatic rings. The topological polar surface area (TPSA) is 93.5 Å². The summed E-state index contributed by atoms with van der Waals surface area (Å²) >= 11 is 0. The van der Waals surface area contributed by atoms with Gasteiger partial charge >= 0.3 is 0 Å². The molecule has 1 heterocycles. The van der Waals surface area contributed by atoms with E-state index in [1.165, 1.54) is 0 Å². The lowest BCUT2D eigenvalue weighted by molar-refractivity contribution is -0.385. The number of carbonyl (C=O) groups excluding carboxylic acids is 1. The minimum absolute atomic E-state index is 0.0506. The Labute approximate surface area is 197 Å². The summed E-state index contributed by atoms with van der Waals surface area (Å²) in [6, 6.07) is 20.3. The van der Waals surface area contributed by atoms with Crippen molar-refractivity contribution < 1.29 is 14.5 Å². The second-order valence-corrected chi connectivity index (χ2v) is 8.75. The van der Waals surface area contributed by atoms with E-state index in [1.54, 1.807) is 26.2 Å². The first-order valence-electron chi connectivity index (χ1n) is 11.2. The Kier molecular flexibility index (Phi) is 5.53. The number of nitro groups is 1. The zero-order chi connectivity index (χ0) is 23.8. The van der Waals surface area contributed by atoms with Gasteiger partial charge in [-0.2, -0.15) is 0 Å². The lowest BCUT2D eigenvalue weighted by atomic mass is 9.76. The summed E-state index contributed by atoms with van der Waals surface area (Å²) in [6.45, 7) is 1.72. The van der Waals surface area contributed by atoms with Gasteiger partial charge in [0, 0.05) is 29.7 Å². The number of allylic oxidation sites excluding steroid dienone is 1. The zero-order valence-corrected chi connectivity index (χ0v) is 18.9. The van der Waals surface area contributed by atoms with E-state index in [1.807, 2.05) is 54.6 Å². The Morgan fingerprint density at radius 1 is 1.00 bits per heavy atom. The van der Waals surface area contributed by atoms with Crippen LogP contribution in [0.4, 0.5) is 17.1 Å². The van der Waals surface area contributed by atoms with Crippen molar-refractivity contribution in [3.8, 4) is 5.75 Å². The molecule has 0 aromatic heterocycles. The summed E-state index contributed by atoms with van der Waals surface area (Å²) in [5, 5.41) is 18.6. The Bertz CT molecular complexity index is 1300. The molecule has 34 heavy (non-hydrogen) atoms. The molecule has 1 aliphatic carbocycles. The van der Waals surface area contributed by atoms with Crippen LogP contribution in [0.2, 0.25) is 0 Å². The third-order valence-corrected chi connectivity index (χ3v) is 6.67. The summed E-state index contributed by atoms with van der Waals surface area (Å²) < 4.78 is 5.27. The lowest BCUT2D eigenvalue weighted by Gasteiger charge is -2.32. The van der Waals surface area contributed by atoms with Gasteiger partial charge in [-0.25, -0.2) is 0 Å². The third-order valence-electron chi connectivity index (χ3n) is 6.67. The Morgan fingerprint density at radius 3 is 2.41 bits per heavy atom. The van der Waals surface area contributed by atoms with Crippen LogP contribution in [0.3, 0.4) is 0 Å². The van der Waals surface area contributed by atoms with Crippen LogP contribution in [0.25, 0.3) is 0 Å². The number of aryl methyl sites for hydroxylation is 1. The largest absolute Gasteiger partial charge is 0.497 e. The SMILES string of the molecule is COc1ccc(C2C=C3Nc4ccccc4NC(c4ccc(C)c([N+](=O)[O-])c4)C3C(=O)C2)cc1. The van der Waals surface area contributed by atoms with Gasteiger partial charge in [0.25, 0.3) is 5.69 Å². The summed E-state index contributed by atoms with van der Waals surface area (Å²) in [7, 11) is 1.63.